The Hall–Kier alpha value is -2.08. The maximum atomic E-state index is 12.4. The van der Waals surface area contributed by atoms with Gasteiger partial charge in [-0.15, -0.1) is 0 Å². The van der Waals surface area contributed by atoms with Crippen LogP contribution in [0.2, 0.25) is 0 Å². The van der Waals surface area contributed by atoms with Gasteiger partial charge in [-0.25, -0.2) is 4.79 Å². The molecular weight excluding hydrogens is 280 g/mol. The maximum Gasteiger partial charge on any atom is 0.319 e. The van der Waals surface area contributed by atoms with E-state index in [2.05, 4.69) is 10.6 Å². The molecule has 0 saturated carbocycles. The minimum absolute atomic E-state index is 0.0223. The Morgan fingerprint density at radius 1 is 1.32 bits per heavy atom. The Balaban J connectivity index is 1.94. The standard InChI is InChI=1S/C16H24N4O2/c1-11(2)18-16(22)19-14-5-3-13(4-6-14)15(21)20-8-7-12(9-17)10-20/h3-6,11-12H,7-10,17H2,1-2H3,(H2,18,19,22). The number of likely N-dealkylation sites (tertiary alicyclic amines) is 1. The fourth-order valence-electron chi connectivity index (χ4n) is 2.52. The first-order valence-electron chi connectivity index (χ1n) is 7.66. The molecule has 1 aliphatic heterocycles. The molecule has 0 bridgehead atoms. The van der Waals surface area contributed by atoms with E-state index in [0.717, 1.165) is 19.5 Å². The molecule has 6 heteroatoms. The Labute approximate surface area is 131 Å². The van der Waals surface area contributed by atoms with Crippen molar-refractivity contribution in [3.05, 3.63) is 29.8 Å². The second kappa shape index (κ2) is 7.26. The zero-order valence-electron chi connectivity index (χ0n) is 13.1. The molecule has 1 atom stereocenters. The van der Waals surface area contributed by atoms with Gasteiger partial charge in [0, 0.05) is 30.4 Å². The lowest BCUT2D eigenvalue weighted by Gasteiger charge is -2.16. The SMILES string of the molecule is CC(C)NC(=O)Nc1ccc(C(=O)N2CCC(CN)C2)cc1. The quantitative estimate of drug-likeness (QED) is 0.790. The summed E-state index contributed by atoms with van der Waals surface area (Å²) in [4.78, 5) is 25.8. The van der Waals surface area contributed by atoms with Gasteiger partial charge in [0.1, 0.15) is 0 Å². The van der Waals surface area contributed by atoms with Crippen LogP contribution in [-0.2, 0) is 0 Å². The van der Waals surface area contributed by atoms with Gasteiger partial charge in [0.15, 0.2) is 0 Å². The number of carbonyl (C=O) groups is 2. The monoisotopic (exact) mass is 304 g/mol. The summed E-state index contributed by atoms with van der Waals surface area (Å²) in [6, 6.07) is 6.78. The Kier molecular flexibility index (Phi) is 5.38. The molecule has 0 spiro atoms. The van der Waals surface area contributed by atoms with E-state index < -0.39 is 0 Å². The van der Waals surface area contributed by atoms with E-state index in [9.17, 15) is 9.59 Å². The van der Waals surface area contributed by atoms with Crippen LogP contribution in [0.25, 0.3) is 0 Å². The van der Waals surface area contributed by atoms with Crippen LogP contribution in [0, 0.1) is 5.92 Å². The van der Waals surface area contributed by atoms with Gasteiger partial charge in [-0.05, 0) is 57.0 Å². The molecule has 0 aliphatic carbocycles. The third-order valence-electron chi connectivity index (χ3n) is 3.72. The summed E-state index contributed by atoms with van der Waals surface area (Å²) in [6.45, 7) is 5.90. The van der Waals surface area contributed by atoms with Gasteiger partial charge in [-0.3, -0.25) is 4.79 Å². The maximum absolute atomic E-state index is 12.4. The molecule has 1 heterocycles. The number of amides is 3. The summed E-state index contributed by atoms with van der Waals surface area (Å²) in [5.41, 5.74) is 6.95. The fourth-order valence-corrected chi connectivity index (χ4v) is 2.52. The summed E-state index contributed by atoms with van der Waals surface area (Å²) in [5, 5.41) is 5.48. The summed E-state index contributed by atoms with van der Waals surface area (Å²) >= 11 is 0. The molecular formula is C16H24N4O2. The number of anilines is 1. The smallest absolute Gasteiger partial charge is 0.319 e. The lowest BCUT2D eigenvalue weighted by molar-refractivity contribution is 0.0787. The normalized spacial score (nSPS) is 17.6. The van der Waals surface area contributed by atoms with E-state index in [1.807, 2.05) is 18.7 Å². The molecule has 0 radical (unpaired) electrons. The van der Waals surface area contributed by atoms with E-state index in [1.54, 1.807) is 24.3 Å². The first-order chi connectivity index (χ1) is 10.5. The topological polar surface area (TPSA) is 87.5 Å². The van der Waals surface area contributed by atoms with E-state index >= 15 is 0 Å². The second-order valence-electron chi connectivity index (χ2n) is 5.97. The van der Waals surface area contributed by atoms with Crippen LogP contribution in [0.4, 0.5) is 10.5 Å². The lowest BCUT2D eigenvalue weighted by atomic mass is 10.1. The highest BCUT2D eigenvalue weighted by atomic mass is 16.2. The molecule has 1 aromatic carbocycles. The number of urea groups is 1. The zero-order valence-corrected chi connectivity index (χ0v) is 13.1. The number of carbonyl (C=O) groups excluding carboxylic acids is 2. The number of nitrogens with one attached hydrogen (secondary N) is 2. The molecule has 6 nitrogen and oxygen atoms in total. The predicted molar refractivity (Wildman–Crippen MR) is 86.8 cm³/mol. The van der Waals surface area contributed by atoms with Gasteiger partial charge < -0.3 is 21.3 Å². The molecule has 0 aromatic heterocycles. The van der Waals surface area contributed by atoms with Crippen LogP contribution in [-0.4, -0.2) is 42.5 Å². The van der Waals surface area contributed by atoms with Gasteiger partial charge in [0.25, 0.3) is 5.91 Å². The second-order valence-corrected chi connectivity index (χ2v) is 5.97. The van der Waals surface area contributed by atoms with E-state index in [1.165, 1.54) is 0 Å². The molecule has 1 aliphatic rings. The van der Waals surface area contributed by atoms with Gasteiger partial charge in [-0.1, -0.05) is 0 Å². The van der Waals surface area contributed by atoms with Crippen LogP contribution in [0.3, 0.4) is 0 Å². The average Bonchev–Trinajstić information content (AvgIpc) is 2.95. The van der Waals surface area contributed by atoms with Gasteiger partial charge >= 0.3 is 6.03 Å². The van der Waals surface area contributed by atoms with Crippen LogP contribution in [0.5, 0.6) is 0 Å². The first kappa shape index (κ1) is 16.3. The van der Waals surface area contributed by atoms with Crippen molar-refractivity contribution in [3.63, 3.8) is 0 Å². The van der Waals surface area contributed by atoms with Crippen molar-refractivity contribution >= 4 is 17.6 Å². The predicted octanol–water partition coefficient (Wildman–Crippen LogP) is 1.64. The summed E-state index contributed by atoms with van der Waals surface area (Å²) < 4.78 is 0. The molecule has 3 amide bonds. The van der Waals surface area contributed by atoms with Crippen LogP contribution >= 0.6 is 0 Å². The third kappa shape index (κ3) is 4.21. The van der Waals surface area contributed by atoms with Crippen molar-refractivity contribution in [2.24, 2.45) is 11.7 Å². The number of hydrogen-bond donors (Lipinski definition) is 3. The fraction of sp³-hybridized carbons (Fsp3) is 0.500. The molecule has 1 aromatic rings. The third-order valence-corrected chi connectivity index (χ3v) is 3.72. The highest BCUT2D eigenvalue weighted by Gasteiger charge is 2.25. The van der Waals surface area contributed by atoms with Gasteiger partial charge in [0.05, 0.1) is 0 Å². The van der Waals surface area contributed by atoms with Crippen molar-refractivity contribution in [2.45, 2.75) is 26.3 Å². The molecule has 120 valence electrons. The highest BCUT2D eigenvalue weighted by molar-refractivity contribution is 5.95. The van der Waals surface area contributed by atoms with Crippen LogP contribution in [0.15, 0.2) is 24.3 Å². The van der Waals surface area contributed by atoms with Crippen LogP contribution in [0.1, 0.15) is 30.6 Å². The Morgan fingerprint density at radius 2 is 2.00 bits per heavy atom. The summed E-state index contributed by atoms with van der Waals surface area (Å²) in [5.74, 6) is 0.429. The number of hydrogen-bond acceptors (Lipinski definition) is 3. The number of rotatable bonds is 4. The van der Waals surface area contributed by atoms with Crippen molar-refractivity contribution in [1.29, 1.82) is 0 Å². The molecule has 4 N–H and O–H groups in total. The van der Waals surface area contributed by atoms with Crippen molar-refractivity contribution in [2.75, 3.05) is 25.0 Å². The minimum atomic E-state index is -0.251. The molecule has 1 unspecified atom stereocenters. The zero-order chi connectivity index (χ0) is 16.1. The van der Waals surface area contributed by atoms with Crippen molar-refractivity contribution in [1.82, 2.24) is 10.2 Å². The van der Waals surface area contributed by atoms with E-state index in [4.69, 9.17) is 5.73 Å². The Morgan fingerprint density at radius 3 is 2.55 bits per heavy atom. The minimum Gasteiger partial charge on any atom is -0.338 e. The number of nitrogens with zero attached hydrogens (tertiary/aromatic N) is 1. The largest absolute Gasteiger partial charge is 0.338 e. The molecule has 1 saturated heterocycles. The molecule has 1 fully saturated rings. The molecule has 22 heavy (non-hydrogen) atoms. The first-order valence-corrected chi connectivity index (χ1v) is 7.66. The average molecular weight is 304 g/mol. The van der Waals surface area contributed by atoms with Gasteiger partial charge in [0.2, 0.25) is 0 Å². The van der Waals surface area contributed by atoms with E-state index in [0.29, 0.717) is 23.7 Å². The summed E-state index contributed by atoms with van der Waals surface area (Å²) in [6.07, 6.45) is 0.969. The van der Waals surface area contributed by atoms with Gasteiger partial charge in [-0.2, -0.15) is 0 Å². The lowest BCUT2D eigenvalue weighted by Crippen LogP contribution is -2.34. The van der Waals surface area contributed by atoms with E-state index in [-0.39, 0.29) is 18.0 Å². The number of benzene rings is 1. The molecule has 2 rings (SSSR count). The van der Waals surface area contributed by atoms with Crippen molar-refractivity contribution < 1.29 is 9.59 Å². The highest BCUT2D eigenvalue weighted by Crippen LogP contribution is 2.18. The van der Waals surface area contributed by atoms with Crippen LogP contribution < -0.4 is 16.4 Å². The Bertz CT molecular complexity index is 527. The van der Waals surface area contributed by atoms with Crippen molar-refractivity contribution in [3.8, 4) is 0 Å². The summed E-state index contributed by atoms with van der Waals surface area (Å²) in [7, 11) is 0. The number of nitrogens with two attached hydrogens (primary N) is 1.